The number of aryl methyl sites for hydroxylation is 1. The van der Waals surface area contributed by atoms with Gasteiger partial charge < -0.3 is 5.32 Å². The van der Waals surface area contributed by atoms with Crippen LogP contribution in [0, 0.1) is 6.92 Å². The van der Waals surface area contributed by atoms with Crippen molar-refractivity contribution in [1.82, 2.24) is 0 Å². The molecule has 1 atom stereocenters. The lowest BCUT2D eigenvalue weighted by Crippen LogP contribution is -2.23. The molecule has 1 amide bonds. The number of hydrogen-bond donors (Lipinski definition) is 1. The number of carbonyl (C=O) groups is 1. The zero-order chi connectivity index (χ0) is 14.3. The molecule has 2 aromatic carbocycles. The quantitative estimate of drug-likeness (QED) is 0.807. The standard InChI is InChI=1S/C16H13Cl2NO/c1-9-2-5-15-12(6-9)11(8-16(20)19-15)10-3-4-13(17)14(18)7-10/h2-7,11H,8H2,1H3,(H,19,20). The molecule has 0 bridgehead atoms. The summed E-state index contributed by atoms with van der Waals surface area (Å²) in [6.45, 7) is 2.04. The highest BCUT2D eigenvalue weighted by Crippen LogP contribution is 2.39. The first-order valence-corrected chi connectivity index (χ1v) is 7.15. The zero-order valence-electron chi connectivity index (χ0n) is 10.9. The molecule has 4 heteroatoms. The van der Waals surface area contributed by atoms with E-state index < -0.39 is 0 Å². The number of amides is 1. The first kappa shape index (κ1) is 13.5. The SMILES string of the molecule is Cc1ccc2c(c1)C(c1ccc(Cl)c(Cl)c1)CC(=O)N2. The second-order valence-corrected chi connectivity index (χ2v) is 5.88. The number of nitrogens with one attached hydrogen (secondary N) is 1. The molecule has 102 valence electrons. The highest BCUT2D eigenvalue weighted by atomic mass is 35.5. The summed E-state index contributed by atoms with van der Waals surface area (Å²) in [6.07, 6.45) is 0.425. The maximum absolute atomic E-state index is 11.9. The highest BCUT2D eigenvalue weighted by Gasteiger charge is 2.26. The molecule has 0 radical (unpaired) electrons. The van der Waals surface area contributed by atoms with Gasteiger partial charge in [-0.05, 0) is 36.2 Å². The number of rotatable bonds is 1. The average molecular weight is 306 g/mol. The van der Waals surface area contributed by atoms with Crippen LogP contribution in [0.4, 0.5) is 5.69 Å². The first-order chi connectivity index (χ1) is 9.54. The van der Waals surface area contributed by atoms with Gasteiger partial charge in [-0.3, -0.25) is 4.79 Å². The molecule has 3 rings (SSSR count). The minimum absolute atomic E-state index is 0.0217. The monoisotopic (exact) mass is 305 g/mol. The largest absolute Gasteiger partial charge is 0.326 e. The molecule has 1 heterocycles. The number of benzene rings is 2. The zero-order valence-corrected chi connectivity index (χ0v) is 12.4. The molecule has 0 aromatic heterocycles. The molecular weight excluding hydrogens is 293 g/mol. The van der Waals surface area contributed by atoms with Crippen LogP contribution < -0.4 is 5.32 Å². The number of halogens is 2. The molecular formula is C16H13Cl2NO. The Labute approximate surface area is 127 Å². The topological polar surface area (TPSA) is 29.1 Å². The summed E-state index contributed by atoms with van der Waals surface area (Å²) >= 11 is 12.1. The van der Waals surface area contributed by atoms with Crippen LogP contribution in [-0.2, 0) is 4.79 Å². The van der Waals surface area contributed by atoms with E-state index in [2.05, 4.69) is 11.4 Å². The summed E-state index contributed by atoms with van der Waals surface area (Å²) < 4.78 is 0. The second kappa shape index (κ2) is 5.12. The lowest BCUT2D eigenvalue weighted by molar-refractivity contribution is -0.116. The number of hydrogen-bond acceptors (Lipinski definition) is 1. The van der Waals surface area contributed by atoms with E-state index in [4.69, 9.17) is 23.2 Å². The van der Waals surface area contributed by atoms with Gasteiger partial charge in [-0.2, -0.15) is 0 Å². The lowest BCUT2D eigenvalue weighted by Gasteiger charge is -2.26. The third-order valence-electron chi connectivity index (χ3n) is 3.59. The molecule has 1 aliphatic rings. The van der Waals surface area contributed by atoms with Gasteiger partial charge in [0.15, 0.2) is 0 Å². The molecule has 2 aromatic rings. The van der Waals surface area contributed by atoms with Crippen molar-refractivity contribution in [3.05, 3.63) is 63.1 Å². The molecule has 1 unspecified atom stereocenters. The van der Waals surface area contributed by atoms with Crippen molar-refractivity contribution in [2.24, 2.45) is 0 Å². The van der Waals surface area contributed by atoms with E-state index in [-0.39, 0.29) is 11.8 Å². The van der Waals surface area contributed by atoms with E-state index in [9.17, 15) is 4.79 Å². The van der Waals surface area contributed by atoms with Crippen LogP contribution in [0.1, 0.15) is 29.0 Å². The maximum Gasteiger partial charge on any atom is 0.225 e. The van der Waals surface area contributed by atoms with E-state index >= 15 is 0 Å². The third kappa shape index (κ3) is 2.41. The normalized spacial score (nSPS) is 17.6. The van der Waals surface area contributed by atoms with Crippen molar-refractivity contribution in [3.63, 3.8) is 0 Å². The Bertz CT molecular complexity index is 697. The summed E-state index contributed by atoms with van der Waals surface area (Å²) in [7, 11) is 0. The van der Waals surface area contributed by atoms with E-state index in [1.165, 1.54) is 5.56 Å². The molecule has 0 fully saturated rings. The first-order valence-electron chi connectivity index (χ1n) is 6.40. The van der Waals surface area contributed by atoms with Crippen molar-refractivity contribution in [2.45, 2.75) is 19.3 Å². The Morgan fingerprint density at radius 2 is 1.90 bits per heavy atom. The van der Waals surface area contributed by atoms with Gasteiger partial charge in [0.25, 0.3) is 0 Å². The summed E-state index contributed by atoms with van der Waals surface area (Å²) in [5.41, 5.74) is 4.19. The molecule has 1 N–H and O–H groups in total. The van der Waals surface area contributed by atoms with Crippen LogP contribution in [-0.4, -0.2) is 5.91 Å². The van der Waals surface area contributed by atoms with Crippen molar-refractivity contribution >= 4 is 34.8 Å². The van der Waals surface area contributed by atoms with Crippen LogP contribution in [0.3, 0.4) is 0 Å². The van der Waals surface area contributed by atoms with Gasteiger partial charge >= 0.3 is 0 Å². The Hall–Kier alpha value is -1.51. The predicted molar refractivity (Wildman–Crippen MR) is 82.7 cm³/mol. The Morgan fingerprint density at radius 1 is 1.10 bits per heavy atom. The van der Waals surface area contributed by atoms with Crippen LogP contribution in [0.2, 0.25) is 10.0 Å². The van der Waals surface area contributed by atoms with Crippen molar-refractivity contribution < 1.29 is 4.79 Å². The fourth-order valence-electron chi connectivity index (χ4n) is 2.61. The molecule has 0 aliphatic carbocycles. The fourth-order valence-corrected chi connectivity index (χ4v) is 2.91. The van der Waals surface area contributed by atoms with E-state index in [1.807, 2.05) is 31.2 Å². The summed E-state index contributed by atoms with van der Waals surface area (Å²) in [6, 6.07) is 11.6. The highest BCUT2D eigenvalue weighted by molar-refractivity contribution is 6.42. The Balaban J connectivity index is 2.12. The van der Waals surface area contributed by atoms with Crippen molar-refractivity contribution in [2.75, 3.05) is 5.32 Å². The Morgan fingerprint density at radius 3 is 2.65 bits per heavy atom. The van der Waals surface area contributed by atoms with Gasteiger partial charge in [0.2, 0.25) is 5.91 Å². The van der Waals surface area contributed by atoms with Gasteiger partial charge in [0, 0.05) is 18.0 Å². The molecule has 20 heavy (non-hydrogen) atoms. The summed E-state index contributed by atoms with van der Waals surface area (Å²) in [5, 5.41) is 3.96. The van der Waals surface area contributed by atoms with Crippen molar-refractivity contribution in [3.8, 4) is 0 Å². The van der Waals surface area contributed by atoms with Gasteiger partial charge in [-0.1, -0.05) is 47.0 Å². The van der Waals surface area contributed by atoms with E-state index in [0.29, 0.717) is 16.5 Å². The van der Waals surface area contributed by atoms with Crippen LogP contribution in [0.15, 0.2) is 36.4 Å². The number of carbonyl (C=O) groups excluding carboxylic acids is 1. The molecule has 0 saturated carbocycles. The van der Waals surface area contributed by atoms with Crippen LogP contribution in [0.5, 0.6) is 0 Å². The minimum Gasteiger partial charge on any atom is -0.326 e. The van der Waals surface area contributed by atoms with Crippen LogP contribution >= 0.6 is 23.2 Å². The van der Waals surface area contributed by atoms with Gasteiger partial charge in [-0.15, -0.1) is 0 Å². The van der Waals surface area contributed by atoms with Gasteiger partial charge in [0.1, 0.15) is 0 Å². The average Bonchev–Trinajstić information content (AvgIpc) is 2.41. The summed E-state index contributed by atoms with van der Waals surface area (Å²) in [5.74, 6) is 0.0471. The van der Waals surface area contributed by atoms with Gasteiger partial charge in [0.05, 0.1) is 10.0 Å². The molecule has 0 saturated heterocycles. The molecule has 0 spiro atoms. The molecule has 1 aliphatic heterocycles. The smallest absolute Gasteiger partial charge is 0.225 e. The predicted octanol–water partition coefficient (Wildman–Crippen LogP) is 4.78. The van der Waals surface area contributed by atoms with Gasteiger partial charge in [-0.25, -0.2) is 0 Å². The third-order valence-corrected chi connectivity index (χ3v) is 4.33. The number of fused-ring (bicyclic) bond motifs is 1. The van der Waals surface area contributed by atoms with E-state index in [1.54, 1.807) is 6.07 Å². The second-order valence-electron chi connectivity index (χ2n) is 5.07. The summed E-state index contributed by atoms with van der Waals surface area (Å²) in [4.78, 5) is 11.9. The fraction of sp³-hybridized carbons (Fsp3) is 0.188. The van der Waals surface area contributed by atoms with Crippen LogP contribution in [0.25, 0.3) is 0 Å². The van der Waals surface area contributed by atoms with Crippen molar-refractivity contribution in [1.29, 1.82) is 0 Å². The molecule has 2 nitrogen and oxygen atoms in total. The van der Waals surface area contributed by atoms with E-state index in [0.717, 1.165) is 16.8 Å². The minimum atomic E-state index is 0.0217. The Kier molecular flexibility index (Phi) is 3.45. The maximum atomic E-state index is 11.9. The lowest BCUT2D eigenvalue weighted by atomic mass is 9.84. The number of anilines is 1.